The molecule has 78 valence electrons. The molecule has 1 aliphatic rings. The Bertz CT molecular complexity index is 115. The third-order valence-electron chi connectivity index (χ3n) is 2.49. The number of ether oxygens (including phenoxy) is 1. The normalized spacial score (nSPS) is 23.3. The number of alkyl halides is 1. The van der Waals surface area contributed by atoms with Crippen LogP contribution in [0.15, 0.2) is 0 Å². The van der Waals surface area contributed by atoms with Crippen molar-refractivity contribution in [2.75, 3.05) is 33.0 Å². The van der Waals surface area contributed by atoms with Gasteiger partial charge in [-0.3, -0.25) is 4.39 Å². The molecule has 2 nitrogen and oxygen atoms in total. The van der Waals surface area contributed by atoms with E-state index >= 15 is 0 Å². The van der Waals surface area contributed by atoms with E-state index in [-0.39, 0.29) is 6.67 Å². The van der Waals surface area contributed by atoms with Gasteiger partial charge in [-0.05, 0) is 44.7 Å². The van der Waals surface area contributed by atoms with Crippen LogP contribution in [0, 0.1) is 5.92 Å². The van der Waals surface area contributed by atoms with Gasteiger partial charge in [0.25, 0.3) is 0 Å². The number of hydrogen-bond donors (Lipinski definition) is 1. The molecule has 1 atom stereocenters. The van der Waals surface area contributed by atoms with Crippen LogP contribution in [0.1, 0.15) is 25.7 Å². The average molecular weight is 189 g/mol. The second kappa shape index (κ2) is 7.27. The lowest BCUT2D eigenvalue weighted by molar-refractivity contribution is 0.109. The summed E-state index contributed by atoms with van der Waals surface area (Å²) in [6, 6.07) is 0. The third-order valence-corrected chi connectivity index (χ3v) is 2.49. The zero-order chi connectivity index (χ0) is 9.36. The number of piperidine rings is 1. The lowest BCUT2D eigenvalue weighted by Crippen LogP contribution is -2.30. The molecule has 1 saturated heterocycles. The van der Waals surface area contributed by atoms with Crippen molar-refractivity contribution in [3.05, 3.63) is 0 Å². The minimum absolute atomic E-state index is 0.259. The minimum Gasteiger partial charge on any atom is -0.381 e. The molecule has 0 bridgehead atoms. The van der Waals surface area contributed by atoms with Gasteiger partial charge < -0.3 is 10.1 Å². The molecule has 0 aliphatic carbocycles. The van der Waals surface area contributed by atoms with Gasteiger partial charge in [-0.15, -0.1) is 0 Å². The molecule has 1 rings (SSSR count). The molecule has 1 heterocycles. The highest BCUT2D eigenvalue weighted by Gasteiger charge is 2.11. The van der Waals surface area contributed by atoms with Crippen LogP contribution in [0.4, 0.5) is 4.39 Å². The number of nitrogens with one attached hydrogen (secondary N) is 1. The molecule has 0 amide bonds. The second-order valence-corrected chi connectivity index (χ2v) is 3.66. The van der Waals surface area contributed by atoms with E-state index in [9.17, 15) is 4.39 Å². The van der Waals surface area contributed by atoms with Crippen molar-refractivity contribution in [1.82, 2.24) is 5.32 Å². The number of hydrogen-bond acceptors (Lipinski definition) is 2. The molecule has 0 aromatic heterocycles. The van der Waals surface area contributed by atoms with Crippen molar-refractivity contribution in [2.24, 2.45) is 5.92 Å². The van der Waals surface area contributed by atoms with Gasteiger partial charge in [0.05, 0.1) is 6.67 Å². The van der Waals surface area contributed by atoms with Crippen molar-refractivity contribution < 1.29 is 9.13 Å². The molecule has 1 N–H and O–H groups in total. The summed E-state index contributed by atoms with van der Waals surface area (Å²) in [6.07, 6.45) is 4.27. The van der Waals surface area contributed by atoms with Crippen LogP contribution in [0.2, 0.25) is 0 Å². The fourth-order valence-electron chi connectivity index (χ4n) is 1.68. The zero-order valence-electron chi connectivity index (χ0n) is 8.23. The quantitative estimate of drug-likeness (QED) is 0.643. The Morgan fingerprint density at radius 2 is 2.31 bits per heavy atom. The van der Waals surface area contributed by atoms with Gasteiger partial charge in [-0.25, -0.2) is 0 Å². The Kier molecular flexibility index (Phi) is 6.11. The van der Waals surface area contributed by atoms with Crippen molar-refractivity contribution in [1.29, 1.82) is 0 Å². The highest BCUT2D eigenvalue weighted by Crippen LogP contribution is 2.13. The van der Waals surface area contributed by atoms with Crippen LogP contribution in [0.25, 0.3) is 0 Å². The molecule has 0 aromatic carbocycles. The molecule has 0 saturated carbocycles. The molecule has 0 aromatic rings. The molecule has 13 heavy (non-hydrogen) atoms. The maximum absolute atomic E-state index is 11.7. The summed E-state index contributed by atoms with van der Waals surface area (Å²) in [5.41, 5.74) is 0. The lowest BCUT2D eigenvalue weighted by Gasteiger charge is -2.22. The van der Waals surface area contributed by atoms with Crippen LogP contribution < -0.4 is 5.32 Å². The standard InChI is InChI=1S/C10H20FNO/c11-5-2-7-13-8-4-10-3-1-6-12-9-10/h10,12H,1-9H2. The van der Waals surface area contributed by atoms with E-state index in [1.165, 1.54) is 19.4 Å². The van der Waals surface area contributed by atoms with Crippen molar-refractivity contribution in [3.63, 3.8) is 0 Å². The molecule has 0 radical (unpaired) electrons. The molecule has 1 fully saturated rings. The average Bonchev–Trinajstić information content (AvgIpc) is 2.19. The van der Waals surface area contributed by atoms with E-state index < -0.39 is 0 Å². The van der Waals surface area contributed by atoms with Gasteiger partial charge in [0.15, 0.2) is 0 Å². The predicted octanol–water partition coefficient (Wildman–Crippen LogP) is 1.75. The predicted molar refractivity (Wildman–Crippen MR) is 51.6 cm³/mol. The fraction of sp³-hybridized carbons (Fsp3) is 1.00. The van der Waals surface area contributed by atoms with Crippen LogP contribution in [-0.2, 0) is 4.74 Å². The van der Waals surface area contributed by atoms with Crippen LogP contribution >= 0.6 is 0 Å². The SMILES string of the molecule is FCCCOCCC1CCCNC1. The van der Waals surface area contributed by atoms with Gasteiger partial charge >= 0.3 is 0 Å². The molecule has 0 spiro atoms. The molecule has 1 aliphatic heterocycles. The summed E-state index contributed by atoms with van der Waals surface area (Å²) >= 11 is 0. The first-order chi connectivity index (χ1) is 6.43. The molecular weight excluding hydrogens is 169 g/mol. The van der Waals surface area contributed by atoms with Crippen molar-refractivity contribution >= 4 is 0 Å². The van der Waals surface area contributed by atoms with E-state index in [2.05, 4.69) is 5.32 Å². The Balaban J connectivity index is 1.86. The van der Waals surface area contributed by atoms with E-state index in [4.69, 9.17) is 4.74 Å². The first kappa shape index (κ1) is 10.9. The van der Waals surface area contributed by atoms with Crippen LogP contribution in [0.3, 0.4) is 0 Å². The summed E-state index contributed by atoms with van der Waals surface area (Å²) in [4.78, 5) is 0. The summed E-state index contributed by atoms with van der Waals surface area (Å²) in [7, 11) is 0. The highest BCUT2D eigenvalue weighted by atomic mass is 19.1. The van der Waals surface area contributed by atoms with Crippen molar-refractivity contribution in [2.45, 2.75) is 25.7 Å². The highest BCUT2D eigenvalue weighted by molar-refractivity contribution is 4.68. The fourth-order valence-corrected chi connectivity index (χ4v) is 1.68. The third kappa shape index (κ3) is 5.21. The lowest BCUT2D eigenvalue weighted by atomic mass is 9.97. The van der Waals surface area contributed by atoms with Gasteiger partial charge in [-0.2, -0.15) is 0 Å². The van der Waals surface area contributed by atoms with E-state index in [0.29, 0.717) is 13.0 Å². The van der Waals surface area contributed by atoms with Gasteiger partial charge in [0, 0.05) is 13.2 Å². The Morgan fingerprint density at radius 3 is 3.00 bits per heavy atom. The molecular formula is C10H20FNO. The van der Waals surface area contributed by atoms with E-state index in [1.807, 2.05) is 0 Å². The largest absolute Gasteiger partial charge is 0.381 e. The summed E-state index contributed by atoms with van der Waals surface area (Å²) < 4.78 is 17.0. The van der Waals surface area contributed by atoms with Gasteiger partial charge in [0.1, 0.15) is 0 Å². The Morgan fingerprint density at radius 1 is 1.38 bits per heavy atom. The first-order valence-electron chi connectivity index (χ1n) is 5.28. The summed E-state index contributed by atoms with van der Waals surface area (Å²) in [5.74, 6) is 0.777. The Hall–Kier alpha value is -0.150. The molecule has 1 unspecified atom stereocenters. The summed E-state index contributed by atoms with van der Waals surface area (Å²) in [5, 5.41) is 3.37. The van der Waals surface area contributed by atoms with E-state index in [1.54, 1.807) is 0 Å². The minimum atomic E-state index is -0.259. The Labute approximate surface area is 79.8 Å². The maximum atomic E-state index is 11.7. The van der Waals surface area contributed by atoms with Crippen molar-refractivity contribution in [3.8, 4) is 0 Å². The zero-order valence-corrected chi connectivity index (χ0v) is 8.23. The number of halogens is 1. The van der Waals surface area contributed by atoms with Gasteiger partial charge in [0.2, 0.25) is 0 Å². The van der Waals surface area contributed by atoms with E-state index in [0.717, 1.165) is 25.5 Å². The number of rotatable bonds is 6. The van der Waals surface area contributed by atoms with Crippen LogP contribution in [0.5, 0.6) is 0 Å². The molecule has 3 heteroatoms. The smallest absolute Gasteiger partial charge is 0.0916 e. The first-order valence-corrected chi connectivity index (χ1v) is 5.28. The topological polar surface area (TPSA) is 21.3 Å². The van der Waals surface area contributed by atoms with Gasteiger partial charge in [-0.1, -0.05) is 0 Å². The second-order valence-electron chi connectivity index (χ2n) is 3.66. The maximum Gasteiger partial charge on any atom is 0.0916 e. The van der Waals surface area contributed by atoms with Crippen LogP contribution in [-0.4, -0.2) is 33.0 Å². The summed E-state index contributed by atoms with van der Waals surface area (Å²) in [6.45, 7) is 3.42. The monoisotopic (exact) mass is 189 g/mol.